The van der Waals surface area contributed by atoms with Gasteiger partial charge in [0.05, 0.1) is 16.0 Å². The van der Waals surface area contributed by atoms with Gasteiger partial charge in [-0.3, -0.25) is 9.69 Å². The van der Waals surface area contributed by atoms with E-state index in [-0.39, 0.29) is 5.91 Å². The Morgan fingerprint density at radius 2 is 0.851 bits per heavy atom. The third-order valence-corrected chi connectivity index (χ3v) is 16.6. The van der Waals surface area contributed by atoms with Gasteiger partial charge in [0.2, 0.25) is 5.91 Å². The lowest BCUT2D eigenvalue weighted by molar-refractivity contribution is -0.122. The van der Waals surface area contributed by atoms with Crippen LogP contribution in [0.5, 0.6) is 0 Å². The van der Waals surface area contributed by atoms with Crippen molar-refractivity contribution in [1.29, 1.82) is 0 Å². The van der Waals surface area contributed by atoms with Crippen molar-refractivity contribution in [3.8, 4) is 0 Å². The van der Waals surface area contributed by atoms with Gasteiger partial charge in [-0.05, 0) is 96.7 Å². The Bertz CT molecular complexity index is 2260. The number of nitrogens with zero attached hydrogens (tertiary/aromatic N) is 2. The Labute approximate surface area is 409 Å². The van der Waals surface area contributed by atoms with E-state index in [1.807, 2.05) is 23.5 Å². The van der Waals surface area contributed by atoms with Gasteiger partial charge in [-0.1, -0.05) is 225 Å². The van der Waals surface area contributed by atoms with Crippen LogP contribution in [0.1, 0.15) is 83.4 Å². The molecule has 1 N–H and O–H groups in total. The van der Waals surface area contributed by atoms with Crippen molar-refractivity contribution < 1.29 is 4.79 Å². The van der Waals surface area contributed by atoms with Crippen LogP contribution in [-0.2, 0) is 14.3 Å². The van der Waals surface area contributed by atoms with Crippen LogP contribution in [-0.4, -0.2) is 73.0 Å². The van der Waals surface area contributed by atoms with Crippen LogP contribution in [0.15, 0.2) is 212 Å². The lowest BCUT2D eigenvalue weighted by atomic mass is 9.84. The Balaban J connectivity index is 0.922. The predicted molar refractivity (Wildman–Crippen MR) is 286 cm³/mol. The Kier molecular flexibility index (Phi) is 18.0. The summed E-state index contributed by atoms with van der Waals surface area (Å²) in [4.78, 5) is 19.2. The van der Waals surface area contributed by atoms with Crippen molar-refractivity contribution in [2.75, 3.05) is 57.3 Å². The van der Waals surface area contributed by atoms with E-state index in [0.29, 0.717) is 19.0 Å². The number of thioether (sulfide) groups is 2. The van der Waals surface area contributed by atoms with E-state index < -0.39 is 9.49 Å². The highest BCUT2D eigenvalue weighted by Crippen LogP contribution is 2.49. The number of unbranched alkanes of at least 4 members (excludes halogenated alkanes) is 3. The van der Waals surface area contributed by atoms with Crippen LogP contribution in [0, 0.1) is 0 Å². The van der Waals surface area contributed by atoms with E-state index in [9.17, 15) is 4.79 Å². The van der Waals surface area contributed by atoms with Crippen molar-refractivity contribution in [2.24, 2.45) is 0 Å². The largest absolute Gasteiger partial charge is 0.354 e. The smallest absolute Gasteiger partial charge is 0.234 e. The fraction of sp³-hybridized carbons (Fsp3) is 0.295. The van der Waals surface area contributed by atoms with Crippen molar-refractivity contribution in [3.05, 3.63) is 251 Å². The molecular weight excluding hydrogens is 855 g/mol. The molecule has 1 saturated heterocycles. The Morgan fingerprint density at radius 3 is 1.27 bits per heavy atom. The number of carbonyl (C=O) groups excluding carboxylic acids is 1. The summed E-state index contributed by atoms with van der Waals surface area (Å²) in [6.45, 7) is 6.26. The first-order valence-corrected chi connectivity index (χ1v) is 26.5. The topological polar surface area (TPSA) is 35.6 Å². The fourth-order valence-electron chi connectivity index (χ4n) is 10.0. The second kappa shape index (κ2) is 25.1. The molecule has 6 heteroatoms. The number of hydrogen-bond donors (Lipinski definition) is 1. The molecule has 1 aliphatic rings. The number of rotatable bonds is 24. The second-order valence-electron chi connectivity index (χ2n) is 17.8. The number of carbonyl (C=O) groups is 1. The van der Waals surface area contributed by atoms with Crippen LogP contribution in [0.25, 0.3) is 0 Å². The van der Waals surface area contributed by atoms with Crippen LogP contribution in [0.3, 0.4) is 0 Å². The van der Waals surface area contributed by atoms with Crippen molar-refractivity contribution in [3.63, 3.8) is 0 Å². The zero-order valence-electron chi connectivity index (χ0n) is 39.0. The number of benzene rings is 7. The molecule has 344 valence electrons. The van der Waals surface area contributed by atoms with Crippen molar-refractivity contribution in [1.82, 2.24) is 15.1 Å². The van der Waals surface area contributed by atoms with Gasteiger partial charge in [-0.25, -0.2) is 0 Å². The average molecular weight is 922 g/mol. The molecule has 1 heterocycles. The third-order valence-electron chi connectivity index (χ3n) is 13.5. The van der Waals surface area contributed by atoms with Gasteiger partial charge in [-0.15, -0.1) is 23.5 Å². The maximum Gasteiger partial charge on any atom is 0.234 e. The molecule has 67 heavy (non-hydrogen) atoms. The van der Waals surface area contributed by atoms with E-state index >= 15 is 0 Å². The van der Waals surface area contributed by atoms with Crippen molar-refractivity contribution >= 4 is 29.4 Å². The minimum atomic E-state index is -0.418. The van der Waals surface area contributed by atoms with Crippen molar-refractivity contribution in [2.45, 2.75) is 53.9 Å². The van der Waals surface area contributed by atoms with Crippen LogP contribution >= 0.6 is 23.5 Å². The lowest BCUT2D eigenvalue weighted by Crippen LogP contribution is -2.40. The minimum Gasteiger partial charge on any atom is -0.354 e. The number of nitrogens with one attached hydrogen (secondary N) is 1. The zero-order chi connectivity index (χ0) is 45.8. The number of hydrogen-bond acceptors (Lipinski definition) is 5. The third kappa shape index (κ3) is 12.6. The normalized spacial score (nSPS) is 13.7. The van der Waals surface area contributed by atoms with E-state index in [0.717, 1.165) is 31.0 Å². The molecule has 0 aromatic heterocycles. The molecule has 0 aliphatic carbocycles. The highest BCUT2D eigenvalue weighted by Gasteiger charge is 2.38. The molecule has 0 saturated carbocycles. The molecule has 0 radical (unpaired) electrons. The van der Waals surface area contributed by atoms with E-state index in [1.54, 1.807) is 0 Å². The van der Waals surface area contributed by atoms with Gasteiger partial charge >= 0.3 is 0 Å². The molecule has 8 rings (SSSR count). The SMILES string of the molecule is O=C(CN(CCCCCCN1CCC(c2ccccc2)CC1)CCSC(c1ccccc1)(c1ccccc1)c1ccccc1)NCCSC(c1ccccc1)(c1ccccc1)c1ccccc1. The summed E-state index contributed by atoms with van der Waals surface area (Å²) in [5, 5.41) is 3.37. The summed E-state index contributed by atoms with van der Waals surface area (Å²) in [5.41, 5.74) is 9.00. The van der Waals surface area contributed by atoms with Gasteiger partial charge in [0, 0.05) is 24.6 Å². The first-order chi connectivity index (χ1) is 33.1. The number of amides is 1. The molecule has 7 aromatic carbocycles. The Hall–Kier alpha value is -5.37. The molecule has 1 aliphatic heterocycles. The second-order valence-corrected chi connectivity index (χ2v) is 20.4. The highest BCUT2D eigenvalue weighted by molar-refractivity contribution is 8.00. The number of likely N-dealkylation sites (tertiary alicyclic amines) is 1. The number of piperidine rings is 1. The Morgan fingerprint density at radius 1 is 0.478 bits per heavy atom. The highest BCUT2D eigenvalue weighted by atomic mass is 32.2. The van der Waals surface area contributed by atoms with Gasteiger partial charge in [-0.2, -0.15) is 0 Å². The standard InChI is InChI=1S/C61H67N3OS2/c65-59(62-42-48-66-60(53-28-12-4-13-29-53,54-30-14-5-15-31-54)55-32-16-6-17-33-55)50-64(44-25-2-1-24-43-63-45-40-52(41-46-63)51-26-10-3-11-27-51)47-49-67-61(56-34-18-7-19-35-56,57-36-20-8-21-37-57)58-38-22-9-23-39-58/h3-23,26-39,52H,1-2,24-25,40-50H2,(H,62,65). The van der Waals surface area contributed by atoms with E-state index in [4.69, 9.17) is 0 Å². The van der Waals surface area contributed by atoms with Gasteiger partial charge in [0.15, 0.2) is 0 Å². The minimum absolute atomic E-state index is 0.0923. The summed E-state index contributed by atoms with van der Waals surface area (Å²) in [6.07, 6.45) is 7.21. The average Bonchev–Trinajstić information content (AvgIpc) is 3.40. The van der Waals surface area contributed by atoms with E-state index in [2.05, 4.69) is 227 Å². The molecule has 1 amide bonds. The molecule has 1 fully saturated rings. The molecule has 0 atom stereocenters. The van der Waals surface area contributed by atoms with Crippen LogP contribution < -0.4 is 5.32 Å². The summed E-state index contributed by atoms with van der Waals surface area (Å²) in [5.74, 6) is 2.42. The molecular formula is C61H67N3OS2. The summed E-state index contributed by atoms with van der Waals surface area (Å²) in [7, 11) is 0. The molecule has 0 unspecified atom stereocenters. The van der Waals surface area contributed by atoms with Crippen LogP contribution in [0.2, 0.25) is 0 Å². The summed E-state index contributed by atoms with van der Waals surface area (Å²) < 4.78 is -0.813. The van der Waals surface area contributed by atoms with Gasteiger partial charge in [0.25, 0.3) is 0 Å². The quantitative estimate of drug-likeness (QED) is 0.0483. The molecule has 4 nitrogen and oxygen atoms in total. The monoisotopic (exact) mass is 921 g/mol. The summed E-state index contributed by atoms with van der Waals surface area (Å²) in [6, 6.07) is 76.4. The molecule has 7 aromatic rings. The van der Waals surface area contributed by atoms with Gasteiger partial charge in [0.1, 0.15) is 0 Å². The van der Waals surface area contributed by atoms with E-state index in [1.165, 1.54) is 90.7 Å². The fourth-order valence-corrected chi connectivity index (χ4v) is 13.0. The summed E-state index contributed by atoms with van der Waals surface area (Å²) >= 11 is 3.88. The van der Waals surface area contributed by atoms with Crippen LogP contribution in [0.4, 0.5) is 0 Å². The lowest BCUT2D eigenvalue weighted by Gasteiger charge is -2.36. The molecule has 0 spiro atoms. The van der Waals surface area contributed by atoms with Gasteiger partial charge < -0.3 is 10.2 Å². The first kappa shape index (κ1) is 48.1. The first-order valence-electron chi connectivity index (χ1n) is 24.5. The molecule has 0 bridgehead atoms. The maximum atomic E-state index is 14.1. The zero-order valence-corrected chi connectivity index (χ0v) is 40.6. The predicted octanol–water partition coefficient (Wildman–Crippen LogP) is 13.3. The maximum absolute atomic E-state index is 14.1.